The summed E-state index contributed by atoms with van der Waals surface area (Å²) >= 11 is 0.580. The van der Waals surface area contributed by atoms with Gasteiger partial charge >= 0.3 is 5.97 Å². The number of hydrogen-bond acceptors (Lipinski definition) is 6. The highest BCUT2D eigenvalue weighted by Crippen LogP contribution is 2.20. The molecule has 6 heteroatoms. The Bertz CT molecular complexity index is 781. The van der Waals surface area contributed by atoms with Gasteiger partial charge in [0.2, 0.25) is 5.12 Å². The quantitative estimate of drug-likeness (QED) is 0.660. The number of aliphatic hydroxyl groups excluding tert-OH is 1. The van der Waals surface area contributed by atoms with E-state index in [4.69, 9.17) is 4.18 Å². The topological polar surface area (TPSA) is 75.6 Å². The van der Waals surface area contributed by atoms with Crippen LogP contribution in [0.5, 0.6) is 0 Å². The molecule has 2 aromatic rings. The maximum Gasteiger partial charge on any atom is 0.321 e. The number of hydrogen-bond donors (Lipinski definition) is 2. The molecule has 2 rings (SSSR count). The van der Waals surface area contributed by atoms with E-state index < -0.39 is 12.1 Å². The second-order valence-electron chi connectivity index (χ2n) is 6.89. The normalized spacial score (nSPS) is 14.1. The fraction of sp³-hybridized carbons (Fsp3) is 0.364. The van der Waals surface area contributed by atoms with Crippen molar-refractivity contribution in [2.75, 3.05) is 7.05 Å². The summed E-state index contributed by atoms with van der Waals surface area (Å²) in [6.45, 7) is 3.67. The van der Waals surface area contributed by atoms with E-state index in [2.05, 4.69) is 5.32 Å². The molecular formula is C22H27NO4S. The molecule has 5 nitrogen and oxygen atoms in total. The first-order valence-corrected chi connectivity index (χ1v) is 10.0. The van der Waals surface area contributed by atoms with Crippen LogP contribution in [0.3, 0.4) is 0 Å². The van der Waals surface area contributed by atoms with Crippen molar-refractivity contribution < 1.29 is 18.9 Å². The fourth-order valence-corrected chi connectivity index (χ4v) is 3.32. The Balaban J connectivity index is 1.84. The van der Waals surface area contributed by atoms with Gasteiger partial charge in [-0.3, -0.25) is 9.59 Å². The van der Waals surface area contributed by atoms with Crippen LogP contribution < -0.4 is 5.32 Å². The van der Waals surface area contributed by atoms with Crippen LogP contribution >= 0.6 is 12.0 Å². The van der Waals surface area contributed by atoms with Crippen molar-refractivity contribution in [2.45, 2.75) is 38.8 Å². The lowest BCUT2D eigenvalue weighted by molar-refractivity contribution is -0.137. The van der Waals surface area contributed by atoms with E-state index in [9.17, 15) is 14.7 Å². The predicted molar refractivity (Wildman–Crippen MR) is 112 cm³/mol. The number of nitrogens with one attached hydrogen (secondary N) is 1. The smallest absolute Gasteiger partial charge is 0.321 e. The zero-order valence-electron chi connectivity index (χ0n) is 16.4. The molecule has 0 fully saturated rings. The molecule has 28 heavy (non-hydrogen) atoms. The van der Waals surface area contributed by atoms with Crippen LogP contribution in [0.15, 0.2) is 54.6 Å². The standard InChI is InChI=1S/C22H27NO4S/c1-15(12-17-8-5-4-6-9-17)22(26)27-28-20(24)14-18-10-7-11-19(13-18)21(25)16(2)23-3/h4-11,13,15-16,21,23,25H,12,14H2,1-3H3. The molecule has 150 valence electrons. The molecule has 2 N–H and O–H groups in total. The Kier molecular flexibility index (Phi) is 8.70. The summed E-state index contributed by atoms with van der Waals surface area (Å²) in [5, 5.41) is 13.0. The minimum absolute atomic E-state index is 0.104. The van der Waals surface area contributed by atoms with Gasteiger partial charge in [-0.05, 0) is 37.1 Å². The van der Waals surface area contributed by atoms with Crippen LogP contribution in [0, 0.1) is 5.92 Å². The zero-order chi connectivity index (χ0) is 20.5. The third-order valence-corrected chi connectivity index (χ3v) is 5.15. The molecule has 0 spiro atoms. The first-order valence-electron chi connectivity index (χ1n) is 9.30. The maximum absolute atomic E-state index is 12.2. The molecule has 0 radical (unpaired) electrons. The Morgan fingerprint density at radius 2 is 1.75 bits per heavy atom. The Labute approximate surface area is 170 Å². The average molecular weight is 402 g/mol. The Hall–Kier alpha value is -2.15. The maximum atomic E-state index is 12.2. The molecule has 0 aliphatic heterocycles. The molecule has 0 saturated heterocycles. The lowest BCUT2D eigenvalue weighted by Gasteiger charge is -2.19. The third kappa shape index (κ3) is 6.78. The number of carbonyl (C=O) groups excluding carboxylic acids is 2. The van der Waals surface area contributed by atoms with Crippen LogP contribution in [0.1, 0.15) is 36.6 Å². The van der Waals surface area contributed by atoms with Crippen LogP contribution in [-0.2, 0) is 26.6 Å². The number of carbonyl (C=O) groups is 2. The van der Waals surface area contributed by atoms with Gasteiger partial charge < -0.3 is 14.6 Å². The van der Waals surface area contributed by atoms with Crippen LogP contribution in [0.4, 0.5) is 0 Å². The van der Waals surface area contributed by atoms with E-state index in [1.165, 1.54) is 0 Å². The summed E-state index contributed by atoms with van der Waals surface area (Å²) in [5.41, 5.74) is 2.56. The fourth-order valence-electron chi connectivity index (χ4n) is 2.75. The van der Waals surface area contributed by atoms with Crippen LogP contribution in [0.25, 0.3) is 0 Å². The summed E-state index contributed by atoms with van der Waals surface area (Å²) in [5.74, 6) is -0.738. The van der Waals surface area contributed by atoms with Gasteiger partial charge in [-0.15, -0.1) is 0 Å². The Morgan fingerprint density at radius 3 is 2.43 bits per heavy atom. The van der Waals surface area contributed by atoms with Gasteiger partial charge in [0.25, 0.3) is 0 Å². The second kappa shape index (κ2) is 11.0. The molecule has 3 unspecified atom stereocenters. The molecular weight excluding hydrogens is 374 g/mol. The number of benzene rings is 2. The van der Waals surface area contributed by atoms with Crippen LogP contribution in [0.2, 0.25) is 0 Å². The monoisotopic (exact) mass is 401 g/mol. The van der Waals surface area contributed by atoms with Gasteiger partial charge in [-0.1, -0.05) is 61.5 Å². The average Bonchev–Trinajstić information content (AvgIpc) is 2.71. The molecule has 0 aliphatic carbocycles. The van der Waals surface area contributed by atoms with Crippen molar-refractivity contribution in [1.82, 2.24) is 5.32 Å². The van der Waals surface area contributed by atoms with Crippen molar-refractivity contribution in [2.24, 2.45) is 5.92 Å². The van der Waals surface area contributed by atoms with Crippen molar-refractivity contribution in [1.29, 1.82) is 0 Å². The van der Waals surface area contributed by atoms with Crippen molar-refractivity contribution in [3.8, 4) is 0 Å². The molecule has 0 amide bonds. The van der Waals surface area contributed by atoms with Gasteiger partial charge in [0, 0.05) is 12.5 Å². The summed E-state index contributed by atoms with van der Waals surface area (Å²) < 4.78 is 5.11. The minimum Gasteiger partial charge on any atom is -0.387 e. The molecule has 3 atom stereocenters. The second-order valence-corrected chi connectivity index (χ2v) is 7.68. The van der Waals surface area contributed by atoms with Crippen LogP contribution in [-0.4, -0.2) is 29.3 Å². The van der Waals surface area contributed by atoms with E-state index in [0.717, 1.165) is 16.7 Å². The van der Waals surface area contributed by atoms with Gasteiger partial charge in [-0.25, -0.2) is 0 Å². The van der Waals surface area contributed by atoms with E-state index in [-0.39, 0.29) is 23.5 Å². The predicted octanol–water partition coefficient (Wildman–Crippen LogP) is 3.47. The largest absolute Gasteiger partial charge is 0.387 e. The number of likely N-dealkylation sites (N-methyl/N-ethyl adjacent to an activating group) is 1. The molecule has 0 bridgehead atoms. The van der Waals surface area contributed by atoms with E-state index in [1.807, 2.05) is 55.5 Å². The van der Waals surface area contributed by atoms with Crippen molar-refractivity contribution >= 4 is 23.1 Å². The van der Waals surface area contributed by atoms with E-state index in [1.54, 1.807) is 20.0 Å². The minimum atomic E-state index is -0.663. The SMILES string of the molecule is CNC(C)C(O)c1cccc(CC(=O)SOC(=O)C(C)Cc2ccccc2)c1. The summed E-state index contributed by atoms with van der Waals surface area (Å²) in [6, 6.07) is 16.8. The molecule has 0 saturated carbocycles. The summed E-state index contributed by atoms with van der Waals surface area (Å²) in [7, 11) is 1.78. The highest BCUT2D eigenvalue weighted by atomic mass is 32.2. The summed E-state index contributed by atoms with van der Waals surface area (Å²) in [4.78, 5) is 24.3. The first-order chi connectivity index (χ1) is 13.4. The third-order valence-electron chi connectivity index (χ3n) is 4.57. The van der Waals surface area contributed by atoms with E-state index >= 15 is 0 Å². The lowest BCUT2D eigenvalue weighted by atomic mass is 10.0. The summed E-state index contributed by atoms with van der Waals surface area (Å²) in [6.07, 6.45) is 0.0294. The molecule has 2 aromatic carbocycles. The zero-order valence-corrected chi connectivity index (χ0v) is 17.2. The van der Waals surface area contributed by atoms with Gasteiger partial charge in [0.1, 0.15) is 12.0 Å². The van der Waals surface area contributed by atoms with Gasteiger partial charge in [0.05, 0.1) is 12.0 Å². The Morgan fingerprint density at radius 1 is 1.07 bits per heavy atom. The van der Waals surface area contributed by atoms with Crippen molar-refractivity contribution in [3.63, 3.8) is 0 Å². The van der Waals surface area contributed by atoms with Gasteiger partial charge in [-0.2, -0.15) is 0 Å². The van der Waals surface area contributed by atoms with Crippen molar-refractivity contribution in [3.05, 3.63) is 71.3 Å². The van der Waals surface area contributed by atoms with Gasteiger partial charge in [0.15, 0.2) is 0 Å². The highest BCUT2D eigenvalue weighted by molar-refractivity contribution is 8.09. The van der Waals surface area contributed by atoms with E-state index in [0.29, 0.717) is 18.5 Å². The molecule has 0 aliphatic rings. The molecule has 0 aromatic heterocycles. The lowest BCUT2D eigenvalue weighted by Crippen LogP contribution is -2.28. The first kappa shape index (κ1) is 22.1. The highest BCUT2D eigenvalue weighted by Gasteiger charge is 2.19. The number of rotatable bonds is 8. The number of aliphatic hydroxyl groups is 1. The molecule has 0 heterocycles.